The summed E-state index contributed by atoms with van der Waals surface area (Å²) in [4.78, 5) is 25.0. The van der Waals surface area contributed by atoms with Gasteiger partial charge in [-0.1, -0.05) is 23.4 Å². The zero-order valence-electron chi connectivity index (χ0n) is 20.0. The molecule has 0 spiro atoms. The smallest absolute Gasteiger partial charge is 0.416 e. The molecule has 0 unspecified atom stereocenters. The largest absolute Gasteiger partial charge is 0.481 e. The Morgan fingerprint density at radius 1 is 1.00 bits per heavy atom. The minimum absolute atomic E-state index is 0.00355. The molecule has 3 aliphatic carbocycles. The molecule has 2 N–H and O–H groups in total. The second-order valence-corrected chi connectivity index (χ2v) is 10.3. The maximum Gasteiger partial charge on any atom is 0.416 e. The lowest BCUT2D eigenvalue weighted by Gasteiger charge is -2.67. The van der Waals surface area contributed by atoms with E-state index in [9.17, 15) is 36.6 Å². The maximum atomic E-state index is 14.6. The van der Waals surface area contributed by atoms with E-state index in [0.29, 0.717) is 5.56 Å². The molecule has 3 aliphatic rings. The monoisotopic (exact) mass is 542 g/mol. The lowest BCUT2D eigenvalue weighted by Crippen LogP contribution is -2.77. The SMILES string of the molecule is O=C(NC12CC(C(=O)O)(C1)C2)c1cc(-c2c(F)cccc2F)cc2nnn(Cc3ccc(C(F)(F)F)cc3)c12. The highest BCUT2D eigenvalue weighted by molar-refractivity contribution is 6.07. The number of rotatable bonds is 6. The number of aromatic nitrogens is 3. The van der Waals surface area contributed by atoms with Gasteiger partial charge in [0, 0.05) is 5.54 Å². The van der Waals surface area contributed by atoms with E-state index in [4.69, 9.17) is 0 Å². The molecule has 4 aromatic rings. The van der Waals surface area contributed by atoms with Crippen molar-refractivity contribution in [1.82, 2.24) is 20.3 Å². The Morgan fingerprint density at radius 2 is 1.64 bits per heavy atom. The third-order valence-corrected chi connectivity index (χ3v) is 7.58. The van der Waals surface area contributed by atoms with Crippen molar-refractivity contribution in [2.24, 2.45) is 5.41 Å². The molecule has 2 bridgehead atoms. The fourth-order valence-electron chi connectivity index (χ4n) is 5.74. The van der Waals surface area contributed by atoms with Crippen molar-refractivity contribution < 1.29 is 36.6 Å². The van der Waals surface area contributed by atoms with Gasteiger partial charge in [0.05, 0.1) is 28.7 Å². The topological polar surface area (TPSA) is 97.1 Å². The normalized spacial score (nSPS) is 21.8. The second kappa shape index (κ2) is 8.32. The Kier molecular flexibility index (Phi) is 5.33. The van der Waals surface area contributed by atoms with Gasteiger partial charge in [-0.2, -0.15) is 13.2 Å². The van der Waals surface area contributed by atoms with E-state index in [1.54, 1.807) is 0 Å². The van der Waals surface area contributed by atoms with Crippen molar-refractivity contribution in [1.29, 1.82) is 0 Å². The van der Waals surface area contributed by atoms with Gasteiger partial charge in [0.2, 0.25) is 0 Å². The lowest BCUT2D eigenvalue weighted by atomic mass is 9.39. The summed E-state index contributed by atoms with van der Waals surface area (Å²) in [6.07, 6.45) is -3.68. The van der Waals surface area contributed by atoms with E-state index in [2.05, 4.69) is 15.6 Å². The number of nitrogens with one attached hydrogen (secondary N) is 1. The van der Waals surface area contributed by atoms with E-state index >= 15 is 0 Å². The van der Waals surface area contributed by atoms with Crippen molar-refractivity contribution in [2.75, 3.05) is 0 Å². The summed E-state index contributed by atoms with van der Waals surface area (Å²) in [6.45, 7) is -0.0322. The molecule has 39 heavy (non-hydrogen) atoms. The molecule has 0 radical (unpaired) electrons. The number of fused-ring (bicyclic) bond motifs is 1. The first-order chi connectivity index (χ1) is 18.4. The molecular weight excluding hydrogens is 523 g/mol. The molecule has 0 atom stereocenters. The van der Waals surface area contributed by atoms with Gasteiger partial charge in [-0.3, -0.25) is 9.59 Å². The second-order valence-electron chi connectivity index (χ2n) is 10.3. The van der Waals surface area contributed by atoms with Gasteiger partial charge in [0.15, 0.2) is 0 Å². The number of hydrogen-bond acceptors (Lipinski definition) is 4. The third kappa shape index (κ3) is 4.01. The molecule has 3 fully saturated rings. The molecule has 12 heteroatoms. The van der Waals surface area contributed by atoms with Crippen LogP contribution < -0.4 is 5.32 Å². The number of hydrogen-bond donors (Lipinski definition) is 2. The molecule has 7 nitrogen and oxygen atoms in total. The number of halogens is 5. The average Bonchev–Trinajstić information content (AvgIpc) is 3.21. The van der Waals surface area contributed by atoms with Crippen LogP contribution in [-0.4, -0.2) is 37.5 Å². The van der Waals surface area contributed by atoms with Crippen LogP contribution in [0.4, 0.5) is 22.0 Å². The number of carbonyl (C=O) groups excluding carboxylic acids is 1. The van der Waals surface area contributed by atoms with Gasteiger partial charge < -0.3 is 10.4 Å². The Morgan fingerprint density at radius 3 is 2.23 bits per heavy atom. The fourth-order valence-corrected chi connectivity index (χ4v) is 5.74. The Balaban J connectivity index is 1.40. The highest BCUT2D eigenvalue weighted by atomic mass is 19.4. The molecule has 3 aromatic carbocycles. The Labute approximate surface area is 217 Å². The van der Waals surface area contributed by atoms with E-state index < -0.39 is 46.2 Å². The lowest BCUT2D eigenvalue weighted by molar-refractivity contribution is -0.196. The quantitative estimate of drug-likeness (QED) is 0.328. The van der Waals surface area contributed by atoms with Crippen molar-refractivity contribution >= 4 is 22.9 Å². The van der Waals surface area contributed by atoms with Gasteiger partial charge in [-0.25, -0.2) is 13.5 Å². The van der Waals surface area contributed by atoms with Crippen LogP contribution in [0.3, 0.4) is 0 Å². The zero-order valence-corrected chi connectivity index (χ0v) is 20.0. The van der Waals surface area contributed by atoms with E-state index in [0.717, 1.165) is 24.3 Å². The van der Waals surface area contributed by atoms with Crippen LogP contribution >= 0.6 is 0 Å². The molecule has 7 rings (SSSR count). The third-order valence-electron chi connectivity index (χ3n) is 7.58. The number of carbonyl (C=O) groups is 2. The van der Waals surface area contributed by atoms with Crippen LogP contribution in [0.5, 0.6) is 0 Å². The number of benzene rings is 3. The summed E-state index contributed by atoms with van der Waals surface area (Å²) in [6, 6.07) is 10.5. The van der Waals surface area contributed by atoms with Crippen LogP contribution in [0.15, 0.2) is 54.6 Å². The summed E-state index contributed by atoms with van der Waals surface area (Å²) in [5.74, 6) is -3.22. The van der Waals surface area contributed by atoms with Crippen molar-refractivity contribution in [3.05, 3.63) is 82.9 Å². The maximum absolute atomic E-state index is 14.6. The predicted octanol–water partition coefficient (Wildman–Crippen LogP) is 5.18. The number of alkyl halides is 3. The summed E-state index contributed by atoms with van der Waals surface area (Å²) in [5.41, 5.74) is -1.85. The number of carboxylic acid groups (broad SMARTS) is 1. The Hall–Kier alpha value is -4.35. The fraction of sp³-hybridized carbons (Fsp3) is 0.259. The van der Waals surface area contributed by atoms with Crippen LogP contribution in [0.2, 0.25) is 0 Å². The van der Waals surface area contributed by atoms with Crippen LogP contribution in [0.25, 0.3) is 22.2 Å². The summed E-state index contributed by atoms with van der Waals surface area (Å²) < 4.78 is 69.5. The van der Waals surface area contributed by atoms with Gasteiger partial charge >= 0.3 is 12.1 Å². The van der Waals surface area contributed by atoms with Gasteiger partial charge in [0.1, 0.15) is 22.7 Å². The molecule has 1 amide bonds. The molecule has 0 aliphatic heterocycles. The highest BCUT2D eigenvalue weighted by Gasteiger charge is 2.72. The average molecular weight is 542 g/mol. The predicted molar refractivity (Wildman–Crippen MR) is 128 cm³/mol. The van der Waals surface area contributed by atoms with Gasteiger partial charge in [-0.05, 0) is 66.8 Å². The number of carboxylic acids is 1. The zero-order chi connectivity index (χ0) is 27.7. The first-order valence-corrected chi connectivity index (χ1v) is 11.9. The molecule has 0 saturated heterocycles. The number of nitrogens with zero attached hydrogens (tertiary/aromatic N) is 3. The first kappa shape index (κ1) is 25.0. The highest BCUT2D eigenvalue weighted by Crippen LogP contribution is 2.67. The standard InChI is InChI=1S/C27H19F5N4O3/c28-18-2-1-3-19(29)21(18)15-8-17(23(37)33-26-11-25(12-26,13-26)24(38)39)22-20(9-15)34-35-36(22)10-14-4-6-16(7-5-14)27(30,31)32/h1-9H,10-13H2,(H,33,37)(H,38,39). The summed E-state index contributed by atoms with van der Waals surface area (Å²) in [5, 5.41) is 20.4. The van der Waals surface area contributed by atoms with Crippen LogP contribution in [-0.2, 0) is 17.5 Å². The van der Waals surface area contributed by atoms with Crippen molar-refractivity contribution in [3.8, 4) is 11.1 Å². The van der Waals surface area contributed by atoms with Crippen LogP contribution in [0, 0.1) is 17.0 Å². The molecule has 200 valence electrons. The van der Waals surface area contributed by atoms with Gasteiger partial charge in [-0.15, -0.1) is 5.10 Å². The Bertz CT molecular complexity index is 1620. The number of aliphatic carboxylic acids is 1. The van der Waals surface area contributed by atoms with Crippen molar-refractivity contribution in [2.45, 2.75) is 37.5 Å². The summed E-state index contributed by atoms with van der Waals surface area (Å²) in [7, 11) is 0. The number of amides is 1. The summed E-state index contributed by atoms with van der Waals surface area (Å²) >= 11 is 0. The first-order valence-electron chi connectivity index (χ1n) is 11.9. The van der Waals surface area contributed by atoms with Crippen molar-refractivity contribution in [3.63, 3.8) is 0 Å². The van der Waals surface area contributed by atoms with E-state index in [-0.39, 0.29) is 53.5 Å². The van der Waals surface area contributed by atoms with Gasteiger partial charge in [0.25, 0.3) is 5.91 Å². The van der Waals surface area contributed by atoms with E-state index in [1.165, 1.54) is 35.0 Å². The minimum atomic E-state index is -4.50. The van der Waals surface area contributed by atoms with Crippen LogP contribution in [0.1, 0.15) is 40.7 Å². The molecule has 3 saturated carbocycles. The molecule has 1 heterocycles. The molecular formula is C27H19F5N4O3. The minimum Gasteiger partial charge on any atom is -0.481 e. The molecule has 1 aromatic heterocycles. The van der Waals surface area contributed by atoms with E-state index in [1.807, 2.05) is 0 Å².